The summed E-state index contributed by atoms with van der Waals surface area (Å²) in [5.41, 5.74) is 2.04. The van der Waals surface area contributed by atoms with Gasteiger partial charge in [0.15, 0.2) is 0 Å². The molecule has 0 bridgehead atoms. The molecule has 0 saturated heterocycles. The van der Waals surface area contributed by atoms with E-state index in [4.69, 9.17) is 23.8 Å². The van der Waals surface area contributed by atoms with Gasteiger partial charge in [-0.25, -0.2) is 4.98 Å². The van der Waals surface area contributed by atoms with Crippen LogP contribution in [0.25, 0.3) is 11.3 Å². The van der Waals surface area contributed by atoms with E-state index in [1.807, 2.05) is 37.3 Å². The normalized spacial score (nSPS) is 10.4. The molecule has 0 aliphatic rings. The molecule has 1 heterocycles. The zero-order valence-corrected chi connectivity index (χ0v) is 10.4. The number of aromatic nitrogens is 2. The summed E-state index contributed by atoms with van der Waals surface area (Å²) >= 11 is 11.0. The van der Waals surface area contributed by atoms with E-state index < -0.39 is 0 Å². The first kappa shape index (κ1) is 11.3. The van der Waals surface area contributed by atoms with Gasteiger partial charge < -0.3 is 4.98 Å². The van der Waals surface area contributed by atoms with Crippen molar-refractivity contribution in [3.05, 3.63) is 45.8 Å². The van der Waals surface area contributed by atoms with Crippen LogP contribution in [0, 0.1) is 4.64 Å². The summed E-state index contributed by atoms with van der Waals surface area (Å²) in [6, 6.07) is 9.50. The number of hydrogen-bond donors (Lipinski definition) is 1. The number of nitrogens with one attached hydrogen (secondary N) is 1. The lowest BCUT2D eigenvalue weighted by molar-refractivity contribution is 0.936. The number of rotatable bonds is 2. The van der Waals surface area contributed by atoms with Gasteiger partial charge in [-0.2, -0.15) is 0 Å². The van der Waals surface area contributed by atoms with Crippen molar-refractivity contribution in [1.29, 1.82) is 0 Å². The smallest absolute Gasteiger partial charge is 0.130 e. The maximum Gasteiger partial charge on any atom is 0.130 e. The van der Waals surface area contributed by atoms with Gasteiger partial charge in [0.1, 0.15) is 10.5 Å². The lowest BCUT2D eigenvalue weighted by Crippen LogP contribution is -1.95. The van der Waals surface area contributed by atoms with Crippen LogP contribution in [0.15, 0.2) is 30.3 Å². The summed E-state index contributed by atoms with van der Waals surface area (Å²) in [5, 5.41) is 0.729. The van der Waals surface area contributed by atoms with E-state index in [-0.39, 0.29) is 0 Å². The van der Waals surface area contributed by atoms with E-state index in [1.165, 1.54) is 0 Å². The second-order valence-corrected chi connectivity index (χ2v) is 4.29. The predicted molar refractivity (Wildman–Crippen MR) is 69.2 cm³/mol. The maximum absolute atomic E-state index is 5.85. The zero-order chi connectivity index (χ0) is 11.5. The SMILES string of the molecule is CCc1nc(=S)cc(-c2ccc(Cl)cc2)[nH]1. The Morgan fingerprint density at radius 3 is 2.62 bits per heavy atom. The molecule has 0 spiro atoms. The predicted octanol–water partition coefficient (Wildman–Crippen LogP) is 4.02. The van der Waals surface area contributed by atoms with E-state index in [9.17, 15) is 0 Å². The number of halogens is 1. The molecule has 0 fully saturated rings. The van der Waals surface area contributed by atoms with Gasteiger partial charge in [-0.05, 0) is 23.8 Å². The van der Waals surface area contributed by atoms with Gasteiger partial charge in [-0.1, -0.05) is 42.9 Å². The Kier molecular flexibility index (Phi) is 3.36. The number of benzene rings is 1. The molecule has 0 unspecified atom stereocenters. The van der Waals surface area contributed by atoms with Crippen LogP contribution in [0.3, 0.4) is 0 Å². The number of hydrogen-bond acceptors (Lipinski definition) is 2. The highest BCUT2D eigenvalue weighted by molar-refractivity contribution is 7.71. The lowest BCUT2D eigenvalue weighted by Gasteiger charge is -2.04. The molecular weight excluding hydrogens is 240 g/mol. The summed E-state index contributed by atoms with van der Waals surface area (Å²) in [4.78, 5) is 7.48. The Morgan fingerprint density at radius 2 is 2.00 bits per heavy atom. The van der Waals surface area contributed by atoms with Gasteiger partial charge in [0.05, 0.1) is 0 Å². The van der Waals surface area contributed by atoms with Crippen molar-refractivity contribution in [1.82, 2.24) is 9.97 Å². The van der Waals surface area contributed by atoms with E-state index in [2.05, 4.69) is 9.97 Å². The topological polar surface area (TPSA) is 28.7 Å². The van der Waals surface area contributed by atoms with Crippen molar-refractivity contribution < 1.29 is 0 Å². The van der Waals surface area contributed by atoms with Crippen molar-refractivity contribution in [3.63, 3.8) is 0 Å². The number of aromatic amines is 1. The van der Waals surface area contributed by atoms with Crippen LogP contribution in [-0.2, 0) is 6.42 Å². The fraction of sp³-hybridized carbons (Fsp3) is 0.167. The summed E-state index contributed by atoms with van der Waals surface area (Å²) in [6.45, 7) is 2.04. The van der Waals surface area contributed by atoms with Crippen molar-refractivity contribution in [3.8, 4) is 11.3 Å². The Balaban J connectivity index is 2.51. The van der Waals surface area contributed by atoms with Crippen LogP contribution in [-0.4, -0.2) is 9.97 Å². The fourth-order valence-electron chi connectivity index (χ4n) is 1.46. The van der Waals surface area contributed by atoms with Crippen LogP contribution in [0.4, 0.5) is 0 Å². The summed E-state index contributed by atoms with van der Waals surface area (Å²) in [7, 11) is 0. The second-order valence-electron chi connectivity index (χ2n) is 3.44. The summed E-state index contributed by atoms with van der Waals surface area (Å²) < 4.78 is 0.612. The van der Waals surface area contributed by atoms with Crippen molar-refractivity contribution >= 4 is 23.8 Å². The van der Waals surface area contributed by atoms with Crippen LogP contribution >= 0.6 is 23.8 Å². The molecule has 2 aromatic rings. The van der Waals surface area contributed by atoms with E-state index in [0.29, 0.717) is 4.64 Å². The molecule has 0 aliphatic heterocycles. The molecular formula is C12H11ClN2S. The minimum Gasteiger partial charge on any atom is -0.343 e. The molecule has 1 aromatic heterocycles. The fourth-order valence-corrected chi connectivity index (χ4v) is 1.81. The van der Waals surface area contributed by atoms with Crippen LogP contribution in [0.1, 0.15) is 12.7 Å². The zero-order valence-electron chi connectivity index (χ0n) is 8.83. The number of aryl methyl sites for hydroxylation is 1. The molecule has 0 aliphatic carbocycles. The molecule has 4 heteroatoms. The number of nitrogens with zero attached hydrogens (tertiary/aromatic N) is 1. The molecule has 1 N–H and O–H groups in total. The van der Waals surface area contributed by atoms with E-state index in [1.54, 1.807) is 0 Å². The Bertz CT molecular complexity index is 546. The third-order valence-electron chi connectivity index (χ3n) is 2.28. The highest BCUT2D eigenvalue weighted by Crippen LogP contribution is 2.19. The quantitative estimate of drug-likeness (QED) is 0.816. The van der Waals surface area contributed by atoms with Crippen molar-refractivity contribution in [2.24, 2.45) is 0 Å². The van der Waals surface area contributed by atoms with Gasteiger partial charge in [-0.15, -0.1) is 0 Å². The van der Waals surface area contributed by atoms with E-state index >= 15 is 0 Å². The van der Waals surface area contributed by atoms with Gasteiger partial charge >= 0.3 is 0 Å². The maximum atomic E-state index is 5.85. The molecule has 0 atom stereocenters. The van der Waals surface area contributed by atoms with Crippen LogP contribution < -0.4 is 0 Å². The van der Waals surface area contributed by atoms with E-state index in [0.717, 1.165) is 28.5 Å². The largest absolute Gasteiger partial charge is 0.343 e. The Hall–Kier alpha value is -1.19. The van der Waals surface area contributed by atoms with Gasteiger partial charge in [0, 0.05) is 17.1 Å². The highest BCUT2D eigenvalue weighted by atomic mass is 35.5. The van der Waals surface area contributed by atoms with Crippen molar-refractivity contribution in [2.45, 2.75) is 13.3 Å². The Labute approximate surface area is 104 Å². The molecule has 0 saturated carbocycles. The minimum atomic E-state index is 0.612. The number of H-pyrrole nitrogens is 1. The third kappa shape index (κ3) is 2.49. The van der Waals surface area contributed by atoms with Crippen LogP contribution in [0.2, 0.25) is 5.02 Å². The summed E-state index contributed by atoms with van der Waals surface area (Å²) in [5.74, 6) is 0.900. The summed E-state index contributed by atoms with van der Waals surface area (Å²) in [6.07, 6.45) is 0.838. The minimum absolute atomic E-state index is 0.612. The first-order valence-electron chi connectivity index (χ1n) is 5.05. The van der Waals surface area contributed by atoms with Crippen LogP contribution in [0.5, 0.6) is 0 Å². The Morgan fingerprint density at radius 1 is 1.31 bits per heavy atom. The molecule has 82 valence electrons. The molecule has 16 heavy (non-hydrogen) atoms. The first-order valence-corrected chi connectivity index (χ1v) is 5.84. The molecule has 1 aromatic carbocycles. The third-order valence-corrected chi connectivity index (χ3v) is 2.74. The average Bonchev–Trinajstić information content (AvgIpc) is 2.29. The molecule has 2 nitrogen and oxygen atoms in total. The second kappa shape index (κ2) is 4.76. The molecule has 2 rings (SSSR count). The molecule has 0 radical (unpaired) electrons. The van der Waals surface area contributed by atoms with Gasteiger partial charge in [0.2, 0.25) is 0 Å². The monoisotopic (exact) mass is 250 g/mol. The van der Waals surface area contributed by atoms with Gasteiger partial charge in [-0.3, -0.25) is 0 Å². The molecule has 0 amide bonds. The van der Waals surface area contributed by atoms with Crippen molar-refractivity contribution in [2.75, 3.05) is 0 Å². The van der Waals surface area contributed by atoms with Gasteiger partial charge in [0.25, 0.3) is 0 Å². The average molecular weight is 251 g/mol. The lowest BCUT2D eigenvalue weighted by atomic mass is 10.1. The highest BCUT2D eigenvalue weighted by Gasteiger charge is 2.00. The first-order chi connectivity index (χ1) is 7.69. The standard InChI is InChI=1S/C12H11ClN2S/c1-2-11-14-10(7-12(16)15-11)8-3-5-9(13)6-4-8/h3-7H,2H2,1H3,(H,14,15,16).